The second-order valence-electron chi connectivity index (χ2n) is 6.04. The van der Waals surface area contributed by atoms with Crippen LogP contribution in [0.25, 0.3) is 10.6 Å². The minimum atomic E-state index is -0.0677. The summed E-state index contributed by atoms with van der Waals surface area (Å²) in [5.74, 6) is 0.728. The largest absolute Gasteiger partial charge is 0.497 e. The molecule has 27 heavy (non-hydrogen) atoms. The predicted molar refractivity (Wildman–Crippen MR) is 110 cm³/mol. The van der Waals surface area contributed by atoms with Crippen molar-refractivity contribution in [2.45, 2.75) is 6.42 Å². The molecule has 0 aliphatic rings. The molecule has 3 aromatic rings. The first-order chi connectivity index (χ1) is 13.2. The van der Waals surface area contributed by atoms with E-state index in [1.165, 1.54) is 16.9 Å². The highest BCUT2D eigenvalue weighted by molar-refractivity contribution is 7.13. The van der Waals surface area contributed by atoms with E-state index in [-0.39, 0.29) is 5.91 Å². The summed E-state index contributed by atoms with van der Waals surface area (Å²) in [7, 11) is 1.64. The first kappa shape index (κ1) is 18.9. The lowest BCUT2D eigenvalue weighted by Gasteiger charge is -2.20. The Bertz CT molecular complexity index is 888. The van der Waals surface area contributed by atoms with Gasteiger partial charge < -0.3 is 9.64 Å². The monoisotopic (exact) mass is 378 g/mol. The molecule has 0 saturated heterocycles. The summed E-state index contributed by atoms with van der Waals surface area (Å²) >= 11 is 1.47. The fraction of sp³-hybridized carbons (Fsp3) is 0.182. The molecule has 1 amide bonds. The molecule has 1 aromatic heterocycles. The zero-order chi connectivity index (χ0) is 19.1. The topological polar surface area (TPSA) is 42.4 Å². The van der Waals surface area contributed by atoms with Gasteiger partial charge in [0, 0.05) is 24.0 Å². The van der Waals surface area contributed by atoms with Crippen LogP contribution in [0.1, 0.15) is 16.1 Å². The van der Waals surface area contributed by atoms with Crippen LogP contribution in [0.5, 0.6) is 5.75 Å². The number of rotatable bonds is 8. The molecule has 0 N–H and O–H groups in total. The van der Waals surface area contributed by atoms with Crippen molar-refractivity contribution in [2.24, 2.45) is 0 Å². The number of methoxy groups -OCH3 is 1. The maximum atomic E-state index is 12.9. The third-order valence-corrected chi connectivity index (χ3v) is 5.10. The van der Waals surface area contributed by atoms with Crippen molar-refractivity contribution in [1.82, 2.24) is 9.88 Å². The first-order valence-corrected chi connectivity index (χ1v) is 9.63. The average molecular weight is 378 g/mol. The normalized spacial score (nSPS) is 10.4. The fourth-order valence-electron chi connectivity index (χ4n) is 2.74. The number of amides is 1. The molecule has 0 bridgehead atoms. The Balaban J connectivity index is 1.72. The third-order valence-electron chi connectivity index (χ3n) is 4.21. The Kier molecular flexibility index (Phi) is 6.39. The Labute approximate surface area is 163 Å². The number of ether oxygens (including phenoxy) is 1. The molecule has 0 aliphatic heterocycles. The van der Waals surface area contributed by atoms with Crippen LogP contribution in [0, 0.1) is 0 Å². The molecular formula is C22H22N2O2S. The molecule has 2 aromatic carbocycles. The molecule has 4 nitrogen and oxygen atoms in total. The Morgan fingerprint density at radius 2 is 1.93 bits per heavy atom. The summed E-state index contributed by atoms with van der Waals surface area (Å²) in [4.78, 5) is 19.2. The molecule has 138 valence electrons. The summed E-state index contributed by atoms with van der Waals surface area (Å²) in [5, 5.41) is 2.64. The van der Waals surface area contributed by atoms with E-state index in [0.717, 1.165) is 22.7 Å². The van der Waals surface area contributed by atoms with E-state index in [1.54, 1.807) is 18.1 Å². The number of hydrogen-bond donors (Lipinski definition) is 0. The van der Waals surface area contributed by atoms with E-state index in [2.05, 4.69) is 23.7 Å². The number of thiazole rings is 1. The molecule has 5 heteroatoms. The van der Waals surface area contributed by atoms with Crippen LogP contribution >= 0.6 is 11.3 Å². The Morgan fingerprint density at radius 1 is 1.19 bits per heavy atom. The van der Waals surface area contributed by atoms with Crippen LogP contribution in [0.4, 0.5) is 0 Å². The summed E-state index contributed by atoms with van der Waals surface area (Å²) in [5.41, 5.74) is 2.65. The SMILES string of the molecule is C=CCN(CCc1ccccc1)C(=O)c1csc(-c2ccc(OC)cc2)n1. The molecule has 0 saturated carbocycles. The van der Waals surface area contributed by atoms with E-state index in [4.69, 9.17) is 4.74 Å². The Morgan fingerprint density at radius 3 is 2.59 bits per heavy atom. The number of aromatic nitrogens is 1. The summed E-state index contributed by atoms with van der Waals surface area (Å²) in [6.45, 7) is 4.91. The van der Waals surface area contributed by atoms with Crippen LogP contribution in [-0.4, -0.2) is 36.0 Å². The smallest absolute Gasteiger partial charge is 0.273 e. The lowest BCUT2D eigenvalue weighted by Crippen LogP contribution is -2.33. The molecule has 3 rings (SSSR count). The van der Waals surface area contributed by atoms with Crippen molar-refractivity contribution in [3.63, 3.8) is 0 Å². The number of carbonyl (C=O) groups is 1. The van der Waals surface area contributed by atoms with Gasteiger partial charge in [0.25, 0.3) is 5.91 Å². The Hall–Kier alpha value is -2.92. The molecule has 0 unspecified atom stereocenters. The summed E-state index contributed by atoms with van der Waals surface area (Å²) in [6.07, 6.45) is 2.55. The molecule has 0 spiro atoms. The van der Waals surface area contributed by atoms with Crippen molar-refractivity contribution in [2.75, 3.05) is 20.2 Å². The van der Waals surface area contributed by atoms with Gasteiger partial charge in [0.05, 0.1) is 7.11 Å². The van der Waals surface area contributed by atoms with E-state index < -0.39 is 0 Å². The van der Waals surface area contributed by atoms with E-state index in [9.17, 15) is 4.79 Å². The van der Waals surface area contributed by atoms with Crippen molar-refractivity contribution in [1.29, 1.82) is 0 Å². The molecule has 0 radical (unpaired) electrons. The summed E-state index contributed by atoms with van der Waals surface area (Å²) in [6, 6.07) is 17.8. The van der Waals surface area contributed by atoms with E-state index in [1.807, 2.05) is 47.8 Å². The lowest BCUT2D eigenvalue weighted by atomic mass is 10.1. The lowest BCUT2D eigenvalue weighted by molar-refractivity contribution is 0.0770. The second kappa shape index (κ2) is 9.14. The highest BCUT2D eigenvalue weighted by Crippen LogP contribution is 2.26. The first-order valence-electron chi connectivity index (χ1n) is 8.75. The van der Waals surface area contributed by atoms with Crippen molar-refractivity contribution < 1.29 is 9.53 Å². The average Bonchev–Trinajstić information content (AvgIpc) is 3.21. The zero-order valence-corrected chi connectivity index (χ0v) is 16.1. The number of benzene rings is 2. The predicted octanol–water partition coefficient (Wildman–Crippen LogP) is 4.69. The minimum absolute atomic E-state index is 0.0677. The molecule has 1 heterocycles. The van der Waals surface area contributed by atoms with Gasteiger partial charge in [-0.3, -0.25) is 4.79 Å². The van der Waals surface area contributed by atoms with Crippen LogP contribution < -0.4 is 4.74 Å². The highest BCUT2D eigenvalue weighted by Gasteiger charge is 2.18. The van der Waals surface area contributed by atoms with Gasteiger partial charge in [0.1, 0.15) is 16.5 Å². The summed E-state index contributed by atoms with van der Waals surface area (Å²) < 4.78 is 5.18. The van der Waals surface area contributed by atoms with Gasteiger partial charge >= 0.3 is 0 Å². The fourth-order valence-corrected chi connectivity index (χ4v) is 3.54. The van der Waals surface area contributed by atoms with Crippen LogP contribution in [0.2, 0.25) is 0 Å². The van der Waals surface area contributed by atoms with Gasteiger partial charge in [-0.15, -0.1) is 17.9 Å². The molecule has 0 aliphatic carbocycles. The van der Waals surface area contributed by atoms with Gasteiger partial charge in [-0.05, 0) is 36.2 Å². The number of hydrogen-bond acceptors (Lipinski definition) is 4. The minimum Gasteiger partial charge on any atom is -0.497 e. The maximum absolute atomic E-state index is 12.9. The third kappa shape index (κ3) is 4.83. The van der Waals surface area contributed by atoms with E-state index >= 15 is 0 Å². The van der Waals surface area contributed by atoms with Crippen molar-refractivity contribution in [3.05, 3.63) is 83.9 Å². The van der Waals surface area contributed by atoms with Gasteiger partial charge in [-0.25, -0.2) is 4.98 Å². The molecule has 0 atom stereocenters. The van der Waals surface area contributed by atoms with Gasteiger partial charge in [-0.1, -0.05) is 36.4 Å². The van der Waals surface area contributed by atoms with Gasteiger partial charge in [0.15, 0.2) is 0 Å². The highest BCUT2D eigenvalue weighted by atomic mass is 32.1. The molecular weight excluding hydrogens is 356 g/mol. The van der Waals surface area contributed by atoms with Gasteiger partial charge in [-0.2, -0.15) is 0 Å². The van der Waals surface area contributed by atoms with Crippen LogP contribution in [-0.2, 0) is 6.42 Å². The standard InChI is InChI=1S/C22H22N2O2S/c1-3-14-24(15-13-17-7-5-4-6-8-17)22(25)20-16-27-21(23-20)18-9-11-19(26-2)12-10-18/h3-12,16H,1,13-15H2,2H3. The number of carbonyl (C=O) groups excluding carboxylic acids is 1. The maximum Gasteiger partial charge on any atom is 0.273 e. The van der Waals surface area contributed by atoms with Crippen molar-refractivity contribution >= 4 is 17.2 Å². The second-order valence-corrected chi connectivity index (χ2v) is 6.90. The molecule has 0 fully saturated rings. The van der Waals surface area contributed by atoms with Crippen molar-refractivity contribution in [3.8, 4) is 16.3 Å². The number of nitrogens with zero attached hydrogens (tertiary/aromatic N) is 2. The van der Waals surface area contributed by atoms with E-state index in [0.29, 0.717) is 18.8 Å². The quantitative estimate of drug-likeness (QED) is 0.534. The van der Waals surface area contributed by atoms with Crippen LogP contribution in [0.15, 0.2) is 72.6 Å². The zero-order valence-electron chi connectivity index (χ0n) is 15.3. The van der Waals surface area contributed by atoms with Gasteiger partial charge in [0.2, 0.25) is 0 Å². The van der Waals surface area contributed by atoms with Crippen LogP contribution in [0.3, 0.4) is 0 Å².